The molecule has 0 aromatic heterocycles. The molecule has 1 saturated heterocycles. The number of nitrogens with zero attached hydrogens (tertiary/aromatic N) is 1. The van der Waals surface area contributed by atoms with Gasteiger partial charge < -0.3 is 15.0 Å². The number of para-hydroxylation sites is 1. The standard InChI is InChI=1S/C18H28N2O2/c1-5-18(2,3)12-17(21)20-11-10-19-13-15(20)14-8-6-7-9-16(14)22-4/h6-9,15,19H,5,10-13H2,1-4H3. The first-order valence-electron chi connectivity index (χ1n) is 8.11. The van der Waals surface area contributed by atoms with Gasteiger partial charge in [0.15, 0.2) is 0 Å². The lowest BCUT2D eigenvalue weighted by Gasteiger charge is -2.38. The summed E-state index contributed by atoms with van der Waals surface area (Å²) < 4.78 is 5.48. The number of nitrogens with one attached hydrogen (secondary N) is 1. The van der Waals surface area contributed by atoms with Gasteiger partial charge in [-0.2, -0.15) is 0 Å². The monoisotopic (exact) mass is 304 g/mol. The van der Waals surface area contributed by atoms with Gasteiger partial charge >= 0.3 is 0 Å². The molecule has 4 nitrogen and oxygen atoms in total. The zero-order chi connectivity index (χ0) is 16.2. The van der Waals surface area contributed by atoms with E-state index in [1.165, 1.54) is 0 Å². The Labute approximate surface area is 133 Å². The van der Waals surface area contributed by atoms with E-state index in [2.05, 4.69) is 32.2 Å². The molecule has 1 aliphatic heterocycles. The number of rotatable bonds is 5. The maximum absolute atomic E-state index is 12.8. The maximum Gasteiger partial charge on any atom is 0.223 e. The molecular formula is C18H28N2O2. The third-order valence-corrected chi connectivity index (χ3v) is 4.65. The van der Waals surface area contributed by atoms with Gasteiger partial charge in [-0.25, -0.2) is 0 Å². The van der Waals surface area contributed by atoms with Gasteiger partial charge in [-0.3, -0.25) is 4.79 Å². The zero-order valence-electron chi connectivity index (χ0n) is 14.2. The van der Waals surface area contributed by atoms with Crippen molar-refractivity contribution < 1.29 is 9.53 Å². The molecule has 1 N–H and O–H groups in total. The zero-order valence-corrected chi connectivity index (χ0v) is 14.2. The van der Waals surface area contributed by atoms with E-state index in [-0.39, 0.29) is 17.4 Å². The fraction of sp³-hybridized carbons (Fsp3) is 0.611. The maximum atomic E-state index is 12.8. The molecule has 1 atom stereocenters. The second-order valence-corrected chi connectivity index (χ2v) is 6.74. The molecule has 1 fully saturated rings. The molecule has 0 saturated carbocycles. The Hall–Kier alpha value is -1.55. The van der Waals surface area contributed by atoms with Crippen molar-refractivity contribution in [3.8, 4) is 5.75 Å². The number of ether oxygens (including phenoxy) is 1. The summed E-state index contributed by atoms with van der Waals surface area (Å²) in [5, 5.41) is 3.40. The molecule has 0 bridgehead atoms. The van der Waals surface area contributed by atoms with Crippen LogP contribution in [0.2, 0.25) is 0 Å². The van der Waals surface area contributed by atoms with Crippen molar-refractivity contribution in [2.75, 3.05) is 26.7 Å². The summed E-state index contributed by atoms with van der Waals surface area (Å²) in [4.78, 5) is 14.8. The highest BCUT2D eigenvalue weighted by Crippen LogP contribution is 2.33. The summed E-state index contributed by atoms with van der Waals surface area (Å²) in [6.45, 7) is 8.84. The highest BCUT2D eigenvalue weighted by atomic mass is 16.5. The lowest BCUT2D eigenvalue weighted by Crippen LogP contribution is -2.49. The molecule has 1 amide bonds. The average Bonchev–Trinajstić information content (AvgIpc) is 2.54. The molecule has 1 heterocycles. The minimum atomic E-state index is 0.0463. The fourth-order valence-electron chi connectivity index (χ4n) is 2.86. The van der Waals surface area contributed by atoms with E-state index in [9.17, 15) is 4.79 Å². The van der Waals surface area contributed by atoms with Gasteiger partial charge in [-0.05, 0) is 11.5 Å². The van der Waals surface area contributed by atoms with Crippen molar-refractivity contribution in [3.63, 3.8) is 0 Å². The molecule has 1 aromatic rings. The van der Waals surface area contributed by atoms with E-state index in [1.807, 2.05) is 23.1 Å². The number of methoxy groups -OCH3 is 1. The second kappa shape index (κ2) is 7.14. The Morgan fingerprint density at radius 1 is 1.41 bits per heavy atom. The Kier molecular flexibility index (Phi) is 5.46. The number of amides is 1. The first-order chi connectivity index (χ1) is 10.5. The first kappa shape index (κ1) is 16.8. The van der Waals surface area contributed by atoms with Gasteiger partial charge in [0.05, 0.1) is 13.2 Å². The Bertz CT molecular complexity index is 514. The van der Waals surface area contributed by atoms with Gasteiger partial charge in [0.25, 0.3) is 0 Å². The number of benzene rings is 1. The van der Waals surface area contributed by atoms with Crippen LogP contribution in [0, 0.1) is 5.41 Å². The van der Waals surface area contributed by atoms with Crippen LogP contribution >= 0.6 is 0 Å². The molecular weight excluding hydrogens is 276 g/mol. The van der Waals surface area contributed by atoms with Crippen LogP contribution in [0.15, 0.2) is 24.3 Å². The van der Waals surface area contributed by atoms with E-state index >= 15 is 0 Å². The molecule has 0 aliphatic carbocycles. The largest absolute Gasteiger partial charge is 0.496 e. The van der Waals surface area contributed by atoms with Crippen molar-refractivity contribution in [3.05, 3.63) is 29.8 Å². The van der Waals surface area contributed by atoms with Crippen LogP contribution in [0.1, 0.15) is 45.2 Å². The van der Waals surface area contributed by atoms with Crippen LogP contribution in [-0.2, 0) is 4.79 Å². The van der Waals surface area contributed by atoms with Gasteiger partial charge in [0.1, 0.15) is 5.75 Å². The summed E-state index contributed by atoms with van der Waals surface area (Å²) in [5.41, 5.74) is 1.13. The third kappa shape index (κ3) is 3.80. The SMILES string of the molecule is CCC(C)(C)CC(=O)N1CCNCC1c1ccccc1OC. The van der Waals surface area contributed by atoms with Gasteiger partial charge in [0.2, 0.25) is 5.91 Å². The van der Waals surface area contributed by atoms with Gasteiger partial charge in [-0.15, -0.1) is 0 Å². The smallest absolute Gasteiger partial charge is 0.223 e. The number of hydrogen-bond donors (Lipinski definition) is 1. The fourth-order valence-corrected chi connectivity index (χ4v) is 2.86. The minimum Gasteiger partial charge on any atom is -0.496 e. The molecule has 0 spiro atoms. The summed E-state index contributed by atoms with van der Waals surface area (Å²) in [6.07, 6.45) is 1.60. The normalized spacial score (nSPS) is 19.1. The number of hydrogen-bond acceptors (Lipinski definition) is 3. The molecule has 1 aliphatic rings. The van der Waals surface area contributed by atoms with Crippen molar-refractivity contribution in [2.45, 2.75) is 39.7 Å². The molecule has 1 unspecified atom stereocenters. The average molecular weight is 304 g/mol. The molecule has 2 rings (SSSR count). The third-order valence-electron chi connectivity index (χ3n) is 4.65. The highest BCUT2D eigenvalue weighted by Gasteiger charge is 2.32. The number of carbonyl (C=O) groups is 1. The van der Waals surface area contributed by atoms with E-state index < -0.39 is 0 Å². The lowest BCUT2D eigenvalue weighted by molar-refractivity contribution is -0.136. The summed E-state index contributed by atoms with van der Waals surface area (Å²) in [7, 11) is 1.68. The van der Waals surface area contributed by atoms with Crippen LogP contribution in [0.4, 0.5) is 0 Å². The van der Waals surface area contributed by atoms with Crippen LogP contribution < -0.4 is 10.1 Å². The highest BCUT2D eigenvalue weighted by molar-refractivity contribution is 5.77. The van der Waals surface area contributed by atoms with Gasteiger partial charge in [-0.1, -0.05) is 45.4 Å². The van der Waals surface area contributed by atoms with E-state index in [1.54, 1.807) is 7.11 Å². The van der Waals surface area contributed by atoms with E-state index in [0.29, 0.717) is 6.42 Å². The van der Waals surface area contributed by atoms with Crippen molar-refractivity contribution in [1.82, 2.24) is 10.2 Å². The van der Waals surface area contributed by atoms with Gasteiger partial charge in [0, 0.05) is 31.6 Å². The lowest BCUT2D eigenvalue weighted by atomic mass is 9.85. The van der Waals surface area contributed by atoms with Crippen molar-refractivity contribution in [1.29, 1.82) is 0 Å². The number of carbonyl (C=O) groups excluding carboxylic acids is 1. The second-order valence-electron chi connectivity index (χ2n) is 6.74. The molecule has 0 radical (unpaired) electrons. The number of piperazine rings is 1. The predicted molar refractivity (Wildman–Crippen MR) is 89.0 cm³/mol. The minimum absolute atomic E-state index is 0.0463. The molecule has 122 valence electrons. The summed E-state index contributed by atoms with van der Waals surface area (Å²) in [6, 6.07) is 8.03. The molecule has 4 heteroatoms. The summed E-state index contributed by atoms with van der Waals surface area (Å²) >= 11 is 0. The Morgan fingerprint density at radius 2 is 2.14 bits per heavy atom. The predicted octanol–water partition coefficient (Wildman–Crippen LogP) is 2.99. The van der Waals surface area contributed by atoms with Crippen molar-refractivity contribution >= 4 is 5.91 Å². The Balaban J connectivity index is 2.23. The topological polar surface area (TPSA) is 41.6 Å². The molecule has 22 heavy (non-hydrogen) atoms. The molecule has 1 aromatic carbocycles. The van der Waals surface area contributed by atoms with Crippen molar-refractivity contribution in [2.24, 2.45) is 5.41 Å². The Morgan fingerprint density at radius 3 is 2.82 bits per heavy atom. The van der Waals surface area contributed by atoms with E-state index in [4.69, 9.17) is 4.74 Å². The summed E-state index contributed by atoms with van der Waals surface area (Å²) in [5.74, 6) is 1.09. The van der Waals surface area contributed by atoms with Crippen LogP contribution in [-0.4, -0.2) is 37.6 Å². The quantitative estimate of drug-likeness (QED) is 0.909. The van der Waals surface area contributed by atoms with Crippen LogP contribution in [0.3, 0.4) is 0 Å². The van der Waals surface area contributed by atoms with Crippen LogP contribution in [0.25, 0.3) is 0 Å². The van der Waals surface area contributed by atoms with Crippen LogP contribution in [0.5, 0.6) is 5.75 Å². The van der Waals surface area contributed by atoms with E-state index in [0.717, 1.165) is 37.4 Å². The first-order valence-corrected chi connectivity index (χ1v) is 8.11.